The number of hydrogen-bond acceptors (Lipinski definition) is 2. The maximum Gasteiger partial charge on any atom is 0.253 e. The Balaban J connectivity index is 1.67. The van der Waals surface area contributed by atoms with Gasteiger partial charge in [0.25, 0.3) is 5.91 Å². The molecule has 29 heavy (non-hydrogen) atoms. The van der Waals surface area contributed by atoms with Gasteiger partial charge in [0.05, 0.1) is 23.7 Å². The van der Waals surface area contributed by atoms with Crippen molar-refractivity contribution in [3.05, 3.63) is 101 Å². The number of nitrogens with one attached hydrogen (secondary N) is 2. The fourth-order valence-corrected chi connectivity index (χ4v) is 3.16. The molecule has 1 atom stereocenters. The Labute approximate surface area is 172 Å². The first kappa shape index (κ1) is 20.3. The summed E-state index contributed by atoms with van der Waals surface area (Å²) in [5, 5.41) is 5.88. The van der Waals surface area contributed by atoms with Gasteiger partial charge >= 0.3 is 0 Å². The maximum absolute atomic E-state index is 12.8. The Hall–Kier alpha value is -3.40. The van der Waals surface area contributed by atoms with E-state index in [1.54, 1.807) is 18.2 Å². The highest BCUT2D eigenvalue weighted by atomic mass is 16.2. The lowest BCUT2D eigenvalue weighted by Crippen LogP contribution is -2.28. The zero-order chi connectivity index (χ0) is 20.6. The lowest BCUT2D eigenvalue weighted by atomic mass is 10.1. The average Bonchev–Trinajstić information content (AvgIpc) is 2.75. The summed E-state index contributed by atoms with van der Waals surface area (Å²) in [6.45, 7) is 4.04. The summed E-state index contributed by atoms with van der Waals surface area (Å²) in [6, 6.07) is 24.7. The van der Waals surface area contributed by atoms with E-state index < -0.39 is 0 Å². The highest BCUT2D eigenvalue weighted by molar-refractivity contribution is 6.04. The van der Waals surface area contributed by atoms with E-state index in [1.165, 1.54) is 5.56 Å². The molecule has 3 rings (SSSR count). The summed E-state index contributed by atoms with van der Waals surface area (Å²) in [5.74, 6) is -0.366. The Bertz CT molecular complexity index is 966. The van der Waals surface area contributed by atoms with Crippen molar-refractivity contribution in [2.75, 3.05) is 5.32 Å². The molecular weight excluding hydrogens is 360 g/mol. The number of carbonyl (C=O) groups excluding carboxylic acids is 2. The quantitative estimate of drug-likeness (QED) is 0.605. The molecule has 0 heterocycles. The van der Waals surface area contributed by atoms with E-state index >= 15 is 0 Å². The number of amides is 2. The molecule has 2 amide bonds. The van der Waals surface area contributed by atoms with Crippen molar-refractivity contribution in [1.82, 2.24) is 5.32 Å². The second kappa shape index (κ2) is 9.69. The maximum atomic E-state index is 12.8. The molecule has 0 saturated heterocycles. The predicted octanol–water partition coefficient (Wildman–Crippen LogP) is 4.92. The Morgan fingerprint density at radius 1 is 0.828 bits per heavy atom. The fraction of sp³-hybridized carbons (Fsp3) is 0.200. The highest BCUT2D eigenvalue weighted by Gasteiger charge is 2.16. The van der Waals surface area contributed by atoms with Gasteiger partial charge in [0.2, 0.25) is 5.91 Å². The van der Waals surface area contributed by atoms with Gasteiger partial charge < -0.3 is 10.6 Å². The van der Waals surface area contributed by atoms with Gasteiger partial charge in [-0.2, -0.15) is 0 Å². The zero-order valence-electron chi connectivity index (χ0n) is 16.8. The summed E-state index contributed by atoms with van der Waals surface area (Å²) in [5.41, 5.74) is 4.17. The van der Waals surface area contributed by atoms with Gasteiger partial charge in [-0.25, -0.2) is 0 Å². The van der Waals surface area contributed by atoms with Crippen molar-refractivity contribution in [3.63, 3.8) is 0 Å². The van der Waals surface area contributed by atoms with Crippen LogP contribution in [-0.4, -0.2) is 11.8 Å². The SMILES string of the molecule is CCc1ccc(CC(=O)Nc2ccccc2C(=O)NC(C)c2ccccc2)cc1. The molecule has 0 spiro atoms. The molecule has 0 bridgehead atoms. The number of hydrogen-bond donors (Lipinski definition) is 2. The largest absolute Gasteiger partial charge is 0.345 e. The number of rotatable bonds is 7. The summed E-state index contributed by atoms with van der Waals surface area (Å²) in [7, 11) is 0. The van der Waals surface area contributed by atoms with Crippen LogP contribution in [0.4, 0.5) is 5.69 Å². The second-order valence-corrected chi connectivity index (χ2v) is 7.05. The minimum Gasteiger partial charge on any atom is -0.345 e. The molecule has 4 heteroatoms. The number of aryl methyl sites for hydroxylation is 1. The summed E-state index contributed by atoms with van der Waals surface area (Å²) >= 11 is 0. The van der Waals surface area contributed by atoms with Crippen molar-refractivity contribution in [2.45, 2.75) is 32.7 Å². The lowest BCUT2D eigenvalue weighted by Gasteiger charge is -2.16. The van der Waals surface area contributed by atoms with Crippen LogP contribution in [0.2, 0.25) is 0 Å². The summed E-state index contributed by atoms with van der Waals surface area (Å²) in [4.78, 5) is 25.3. The van der Waals surface area contributed by atoms with Crippen molar-refractivity contribution in [1.29, 1.82) is 0 Å². The highest BCUT2D eigenvalue weighted by Crippen LogP contribution is 2.18. The average molecular weight is 386 g/mol. The predicted molar refractivity (Wildman–Crippen MR) is 117 cm³/mol. The molecule has 0 aliphatic carbocycles. The van der Waals surface area contributed by atoms with E-state index in [-0.39, 0.29) is 24.3 Å². The Kier molecular flexibility index (Phi) is 6.80. The number of benzene rings is 3. The standard InChI is InChI=1S/C25H26N2O2/c1-3-19-13-15-20(16-14-19)17-24(28)27-23-12-8-7-11-22(23)25(29)26-18(2)21-9-5-4-6-10-21/h4-16,18H,3,17H2,1-2H3,(H,26,29)(H,27,28). The number of anilines is 1. The minimum absolute atomic E-state index is 0.135. The van der Waals surface area contributed by atoms with Crippen molar-refractivity contribution in [2.24, 2.45) is 0 Å². The summed E-state index contributed by atoms with van der Waals surface area (Å²) in [6.07, 6.45) is 1.23. The molecule has 148 valence electrons. The molecule has 0 saturated carbocycles. The molecule has 0 aromatic heterocycles. The van der Waals surface area contributed by atoms with Crippen LogP contribution in [0.3, 0.4) is 0 Å². The first-order chi connectivity index (χ1) is 14.1. The van der Waals surface area contributed by atoms with Crippen LogP contribution in [0, 0.1) is 0 Å². The van der Waals surface area contributed by atoms with E-state index in [0.717, 1.165) is 17.5 Å². The molecule has 0 aliphatic heterocycles. The monoisotopic (exact) mass is 386 g/mol. The van der Waals surface area contributed by atoms with Gasteiger partial charge in [-0.05, 0) is 42.2 Å². The molecule has 3 aromatic rings. The molecule has 3 aromatic carbocycles. The van der Waals surface area contributed by atoms with Crippen LogP contribution >= 0.6 is 0 Å². The van der Waals surface area contributed by atoms with Gasteiger partial charge in [0.15, 0.2) is 0 Å². The van der Waals surface area contributed by atoms with Gasteiger partial charge in [0, 0.05) is 0 Å². The smallest absolute Gasteiger partial charge is 0.253 e. The molecule has 2 N–H and O–H groups in total. The first-order valence-electron chi connectivity index (χ1n) is 9.89. The van der Waals surface area contributed by atoms with E-state index in [1.807, 2.05) is 67.6 Å². The molecule has 4 nitrogen and oxygen atoms in total. The Morgan fingerprint density at radius 2 is 1.45 bits per heavy atom. The molecular formula is C25H26N2O2. The number of para-hydroxylation sites is 1. The fourth-order valence-electron chi connectivity index (χ4n) is 3.16. The number of carbonyl (C=O) groups is 2. The van der Waals surface area contributed by atoms with Crippen LogP contribution < -0.4 is 10.6 Å². The van der Waals surface area contributed by atoms with Crippen LogP contribution in [0.25, 0.3) is 0 Å². The minimum atomic E-state index is -0.218. The van der Waals surface area contributed by atoms with Crippen molar-refractivity contribution in [3.8, 4) is 0 Å². The lowest BCUT2D eigenvalue weighted by molar-refractivity contribution is -0.115. The van der Waals surface area contributed by atoms with E-state index in [2.05, 4.69) is 17.6 Å². The third kappa shape index (κ3) is 5.55. The third-order valence-electron chi connectivity index (χ3n) is 4.89. The van der Waals surface area contributed by atoms with E-state index in [4.69, 9.17) is 0 Å². The normalized spacial score (nSPS) is 11.5. The van der Waals surface area contributed by atoms with Crippen LogP contribution in [0.15, 0.2) is 78.9 Å². The second-order valence-electron chi connectivity index (χ2n) is 7.05. The third-order valence-corrected chi connectivity index (χ3v) is 4.89. The van der Waals surface area contributed by atoms with Gasteiger partial charge in [-0.15, -0.1) is 0 Å². The van der Waals surface area contributed by atoms with Crippen LogP contribution in [0.1, 0.15) is 46.9 Å². The van der Waals surface area contributed by atoms with Crippen LogP contribution in [0.5, 0.6) is 0 Å². The molecule has 0 fully saturated rings. The van der Waals surface area contributed by atoms with Gasteiger partial charge in [-0.3, -0.25) is 9.59 Å². The van der Waals surface area contributed by atoms with E-state index in [9.17, 15) is 9.59 Å². The van der Waals surface area contributed by atoms with Gasteiger partial charge in [0.1, 0.15) is 0 Å². The Morgan fingerprint density at radius 3 is 2.14 bits per heavy atom. The van der Waals surface area contributed by atoms with Gasteiger partial charge in [-0.1, -0.05) is 73.7 Å². The molecule has 0 aliphatic rings. The van der Waals surface area contributed by atoms with Crippen molar-refractivity contribution >= 4 is 17.5 Å². The molecule has 1 unspecified atom stereocenters. The molecule has 0 radical (unpaired) electrons. The first-order valence-corrected chi connectivity index (χ1v) is 9.89. The summed E-state index contributed by atoms with van der Waals surface area (Å²) < 4.78 is 0. The van der Waals surface area contributed by atoms with Crippen LogP contribution in [-0.2, 0) is 17.6 Å². The zero-order valence-corrected chi connectivity index (χ0v) is 16.8. The van der Waals surface area contributed by atoms with Crippen molar-refractivity contribution < 1.29 is 9.59 Å². The van der Waals surface area contributed by atoms with E-state index in [0.29, 0.717) is 11.3 Å². The topological polar surface area (TPSA) is 58.2 Å².